The van der Waals surface area contributed by atoms with Crippen LogP contribution in [0.1, 0.15) is 21.5 Å². The van der Waals surface area contributed by atoms with Gasteiger partial charge in [-0.1, -0.05) is 35.4 Å². The van der Waals surface area contributed by atoms with Crippen LogP contribution in [0.4, 0.5) is 5.69 Å². The third kappa shape index (κ3) is 2.97. The van der Waals surface area contributed by atoms with Gasteiger partial charge in [-0.2, -0.15) is 0 Å². The number of nitrogens with one attached hydrogen (secondary N) is 1. The van der Waals surface area contributed by atoms with E-state index in [9.17, 15) is 9.59 Å². The lowest BCUT2D eigenvalue weighted by Crippen LogP contribution is -2.38. The molecule has 0 bridgehead atoms. The van der Waals surface area contributed by atoms with Gasteiger partial charge >= 0.3 is 5.97 Å². The van der Waals surface area contributed by atoms with Crippen LogP contribution in [0.2, 0.25) is 5.02 Å². The van der Waals surface area contributed by atoms with Crippen LogP contribution in [0, 0.1) is 6.92 Å². The minimum absolute atomic E-state index is 0.359. The number of esters is 1. The van der Waals surface area contributed by atoms with E-state index in [1.807, 2.05) is 19.1 Å². The van der Waals surface area contributed by atoms with E-state index in [0.29, 0.717) is 22.7 Å². The number of carbonyl (C=O) groups is 2. The van der Waals surface area contributed by atoms with E-state index in [1.165, 1.54) is 0 Å². The minimum atomic E-state index is -0.833. The summed E-state index contributed by atoms with van der Waals surface area (Å²) >= 11 is 5.88. The van der Waals surface area contributed by atoms with Crippen LogP contribution in [0.3, 0.4) is 0 Å². The fourth-order valence-electron chi connectivity index (χ4n) is 2.46. The first kappa shape index (κ1) is 14.6. The largest absolute Gasteiger partial charge is 0.448 e. The van der Waals surface area contributed by atoms with E-state index < -0.39 is 12.1 Å². The summed E-state index contributed by atoms with van der Waals surface area (Å²) in [4.78, 5) is 24.3. The molecule has 0 fully saturated rings. The first-order valence-electron chi connectivity index (χ1n) is 6.90. The molecule has 1 aliphatic heterocycles. The lowest BCUT2D eigenvalue weighted by atomic mass is 9.96. The monoisotopic (exact) mass is 315 g/mol. The Balaban J connectivity index is 1.79. The highest BCUT2D eigenvalue weighted by atomic mass is 35.5. The minimum Gasteiger partial charge on any atom is -0.448 e. The van der Waals surface area contributed by atoms with Gasteiger partial charge in [-0.25, -0.2) is 4.79 Å². The van der Waals surface area contributed by atoms with Crippen LogP contribution < -0.4 is 5.32 Å². The van der Waals surface area contributed by atoms with Gasteiger partial charge in [-0.3, -0.25) is 4.79 Å². The Morgan fingerprint density at radius 2 is 2.09 bits per heavy atom. The Bertz CT molecular complexity index is 757. The first-order chi connectivity index (χ1) is 10.5. The number of hydrogen-bond donors (Lipinski definition) is 1. The number of carbonyl (C=O) groups excluding carboxylic acids is 2. The topological polar surface area (TPSA) is 55.4 Å². The van der Waals surface area contributed by atoms with Crippen molar-refractivity contribution in [2.45, 2.75) is 19.4 Å². The highest BCUT2D eigenvalue weighted by molar-refractivity contribution is 6.30. The molecule has 112 valence electrons. The van der Waals surface area contributed by atoms with Crippen molar-refractivity contribution in [3.8, 4) is 0 Å². The fourth-order valence-corrected chi connectivity index (χ4v) is 2.65. The van der Waals surface area contributed by atoms with Crippen molar-refractivity contribution in [2.24, 2.45) is 0 Å². The summed E-state index contributed by atoms with van der Waals surface area (Å²) in [5.41, 5.74) is 2.98. The Morgan fingerprint density at radius 1 is 1.27 bits per heavy atom. The Kier molecular flexibility index (Phi) is 3.86. The summed E-state index contributed by atoms with van der Waals surface area (Å²) < 4.78 is 5.23. The molecule has 2 aromatic rings. The zero-order valence-electron chi connectivity index (χ0n) is 11.9. The molecule has 4 nitrogen and oxygen atoms in total. The number of amides is 1. The van der Waals surface area contributed by atoms with Gasteiger partial charge in [0.15, 0.2) is 6.10 Å². The molecule has 1 amide bonds. The molecule has 3 rings (SSSR count). The smallest absolute Gasteiger partial charge is 0.339 e. The number of fused-ring (bicyclic) bond motifs is 1. The third-order valence-electron chi connectivity index (χ3n) is 3.52. The van der Waals surface area contributed by atoms with Gasteiger partial charge in [0.1, 0.15) is 0 Å². The average Bonchev–Trinajstić information content (AvgIpc) is 2.46. The normalized spacial score (nSPS) is 16.6. The van der Waals surface area contributed by atoms with Crippen molar-refractivity contribution in [3.63, 3.8) is 0 Å². The van der Waals surface area contributed by atoms with Crippen molar-refractivity contribution in [1.29, 1.82) is 0 Å². The number of anilines is 1. The Hall–Kier alpha value is -2.33. The molecule has 0 aliphatic carbocycles. The summed E-state index contributed by atoms with van der Waals surface area (Å²) in [6.07, 6.45) is -0.462. The number of cyclic esters (lactones) is 1. The molecule has 1 aliphatic rings. The van der Waals surface area contributed by atoms with Gasteiger partial charge in [0, 0.05) is 17.1 Å². The van der Waals surface area contributed by atoms with Gasteiger partial charge in [0.05, 0.1) is 5.56 Å². The van der Waals surface area contributed by atoms with Crippen molar-refractivity contribution < 1.29 is 14.3 Å². The Morgan fingerprint density at radius 3 is 2.86 bits per heavy atom. The standard InChI is InChI=1S/C17H14ClNO3/c1-10-5-6-14-11(7-10)8-15(22-17(14)21)16(20)19-13-4-2-3-12(18)9-13/h2-7,9,15H,8H2,1H3,(H,19,20). The summed E-state index contributed by atoms with van der Waals surface area (Å²) in [5, 5.41) is 3.25. The summed E-state index contributed by atoms with van der Waals surface area (Å²) in [6.45, 7) is 1.95. The Labute approximate surface area is 133 Å². The van der Waals surface area contributed by atoms with E-state index in [0.717, 1.165) is 11.1 Å². The number of ether oxygens (including phenoxy) is 1. The number of halogens is 1. The van der Waals surface area contributed by atoms with E-state index in [2.05, 4.69) is 5.32 Å². The second-order valence-corrected chi connectivity index (χ2v) is 5.69. The molecule has 1 N–H and O–H groups in total. The van der Waals surface area contributed by atoms with Crippen LogP contribution in [0.15, 0.2) is 42.5 Å². The summed E-state index contributed by atoms with van der Waals surface area (Å²) in [6, 6.07) is 12.3. The quantitative estimate of drug-likeness (QED) is 0.864. The van der Waals surface area contributed by atoms with E-state index in [-0.39, 0.29) is 5.91 Å². The molecule has 1 heterocycles. The molecule has 0 radical (unpaired) electrons. The molecule has 2 aromatic carbocycles. The number of benzene rings is 2. The molecular weight excluding hydrogens is 302 g/mol. The highest BCUT2D eigenvalue weighted by Gasteiger charge is 2.31. The fraction of sp³-hybridized carbons (Fsp3) is 0.176. The average molecular weight is 316 g/mol. The number of hydrogen-bond acceptors (Lipinski definition) is 3. The van der Waals surface area contributed by atoms with Crippen LogP contribution in [0.5, 0.6) is 0 Å². The maximum Gasteiger partial charge on any atom is 0.339 e. The predicted octanol–water partition coefficient (Wildman–Crippen LogP) is 3.37. The van der Waals surface area contributed by atoms with Crippen molar-refractivity contribution in [3.05, 3.63) is 64.2 Å². The second-order valence-electron chi connectivity index (χ2n) is 5.26. The molecule has 0 saturated heterocycles. The molecule has 0 saturated carbocycles. The molecule has 5 heteroatoms. The third-order valence-corrected chi connectivity index (χ3v) is 3.75. The first-order valence-corrected chi connectivity index (χ1v) is 7.27. The predicted molar refractivity (Wildman–Crippen MR) is 84.2 cm³/mol. The molecule has 0 spiro atoms. The van der Waals surface area contributed by atoms with Gasteiger partial charge in [0.25, 0.3) is 5.91 Å². The van der Waals surface area contributed by atoms with Gasteiger partial charge in [-0.15, -0.1) is 0 Å². The molecule has 0 aromatic heterocycles. The number of aryl methyl sites for hydroxylation is 1. The maximum atomic E-state index is 12.3. The van der Waals surface area contributed by atoms with Gasteiger partial charge < -0.3 is 10.1 Å². The highest BCUT2D eigenvalue weighted by Crippen LogP contribution is 2.23. The van der Waals surface area contributed by atoms with E-state index >= 15 is 0 Å². The maximum absolute atomic E-state index is 12.3. The lowest BCUT2D eigenvalue weighted by molar-refractivity contribution is -0.125. The van der Waals surface area contributed by atoms with Crippen molar-refractivity contribution >= 4 is 29.2 Å². The molecule has 22 heavy (non-hydrogen) atoms. The summed E-state index contributed by atoms with van der Waals surface area (Å²) in [5.74, 6) is -0.824. The molecule has 1 atom stereocenters. The van der Waals surface area contributed by atoms with Gasteiger partial charge in [-0.05, 0) is 36.8 Å². The molecule has 1 unspecified atom stereocenters. The van der Waals surface area contributed by atoms with Crippen molar-refractivity contribution in [1.82, 2.24) is 0 Å². The number of rotatable bonds is 2. The van der Waals surface area contributed by atoms with E-state index in [4.69, 9.17) is 16.3 Å². The van der Waals surface area contributed by atoms with Crippen LogP contribution in [-0.2, 0) is 16.0 Å². The van der Waals surface area contributed by atoms with Crippen LogP contribution in [0.25, 0.3) is 0 Å². The van der Waals surface area contributed by atoms with Crippen LogP contribution in [-0.4, -0.2) is 18.0 Å². The van der Waals surface area contributed by atoms with Crippen LogP contribution >= 0.6 is 11.6 Å². The zero-order valence-corrected chi connectivity index (χ0v) is 12.7. The lowest BCUT2D eigenvalue weighted by Gasteiger charge is -2.24. The molecular formula is C17H14ClNO3. The van der Waals surface area contributed by atoms with Gasteiger partial charge in [0.2, 0.25) is 0 Å². The SMILES string of the molecule is Cc1ccc2c(c1)CC(C(=O)Nc1cccc(Cl)c1)OC2=O. The second kappa shape index (κ2) is 5.81. The summed E-state index contributed by atoms with van der Waals surface area (Å²) in [7, 11) is 0. The van der Waals surface area contributed by atoms with Crippen molar-refractivity contribution in [2.75, 3.05) is 5.32 Å². The zero-order chi connectivity index (χ0) is 15.7. The van der Waals surface area contributed by atoms with E-state index in [1.54, 1.807) is 30.3 Å².